The third-order valence-electron chi connectivity index (χ3n) is 3.74. The van der Waals surface area contributed by atoms with Crippen molar-refractivity contribution in [1.29, 1.82) is 0 Å². The second kappa shape index (κ2) is 6.43. The quantitative estimate of drug-likeness (QED) is 0.663. The van der Waals surface area contributed by atoms with Crippen molar-refractivity contribution >= 4 is 17.0 Å². The second-order valence-corrected chi connectivity index (χ2v) is 5.67. The normalized spacial score (nSPS) is 11.9. The lowest BCUT2D eigenvalue weighted by atomic mass is 10.1. The fourth-order valence-electron chi connectivity index (χ4n) is 2.70. The van der Waals surface area contributed by atoms with Gasteiger partial charge in [-0.15, -0.1) is 0 Å². The molecule has 0 amide bonds. The number of aromatic nitrogens is 5. The van der Waals surface area contributed by atoms with E-state index in [0.29, 0.717) is 5.69 Å². The van der Waals surface area contributed by atoms with E-state index in [1.807, 2.05) is 0 Å². The molecule has 0 atom stereocenters. The predicted octanol–water partition coefficient (Wildman–Crippen LogP) is 2.72. The number of halogens is 3. The van der Waals surface area contributed by atoms with Crippen LogP contribution in [0, 0.1) is 6.92 Å². The van der Waals surface area contributed by atoms with Crippen molar-refractivity contribution in [3.63, 3.8) is 0 Å². The number of esters is 1. The van der Waals surface area contributed by atoms with Gasteiger partial charge >= 0.3 is 12.1 Å². The minimum absolute atomic E-state index is 0.0361. The van der Waals surface area contributed by atoms with Gasteiger partial charge in [0.25, 0.3) is 0 Å². The number of fused-ring (bicyclic) bond motifs is 1. The van der Waals surface area contributed by atoms with Crippen molar-refractivity contribution in [2.24, 2.45) is 7.05 Å². The highest BCUT2D eigenvalue weighted by Gasteiger charge is 2.36. The molecule has 0 N–H and O–H groups in total. The Morgan fingerprint density at radius 1 is 1.27 bits per heavy atom. The summed E-state index contributed by atoms with van der Waals surface area (Å²) in [6.07, 6.45) is -3.00. The number of nitrogens with zero attached hydrogens (tertiary/aromatic N) is 5. The van der Waals surface area contributed by atoms with E-state index >= 15 is 0 Å². The molecule has 0 spiro atoms. The first-order valence-electron chi connectivity index (χ1n) is 7.81. The molecule has 0 unspecified atom stereocenters. The van der Waals surface area contributed by atoms with Crippen LogP contribution in [0.5, 0.6) is 0 Å². The fraction of sp³-hybridized carbons (Fsp3) is 0.375. The molecule has 0 aliphatic carbocycles. The smallest absolute Gasteiger partial charge is 0.417 e. The average Bonchev–Trinajstić information content (AvgIpc) is 3.10. The summed E-state index contributed by atoms with van der Waals surface area (Å²) in [5.41, 5.74) is -0.421. The number of carbonyl (C=O) groups excluding carboxylic acids is 1. The van der Waals surface area contributed by atoms with Crippen LogP contribution in [0.3, 0.4) is 0 Å². The van der Waals surface area contributed by atoms with E-state index in [1.165, 1.54) is 11.6 Å². The number of carbonyl (C=O) groups is 1. The first-order valence-corrected chi connectivity index (χ1v) is 7.81. The van der Waals surface area contributed by atoms with E-state index in [1.54, 1.807) is 26.2 Å². The number of alkyl halides is 3. The highest BCUT2D eigenvalue weighted by Crippen LogP contribution is 2.37. The molecule has 0 fully saturated rings. The Morgan fingerprint density at radius 3 is 2.58 bits per heavy atom. The van der Waals surface area contributed by atoms with Gasteiger partial charge in [0.2, 0.25) is 0 Å². The highest BCUT2D eigenvalue weighted by molar-refractivity contribution is 5.86. The van der Waals surface area contributed by atoms with Crippen LogP contribution in [-0.2, 0) is 29.3 Å². The average molecular weight is 367 g/mol. The lowest BCUT2D eigenvalue weighted by Gasteiger charge is -2.10. The minimum atomic E-state index is -4.60. The number of hydrogen-bond acceptors (Lipinski definition) is 5. The van der Waals surface area contributed by atoms with Gasteiger partial charge in [0.05, 0.1) is 28.9 Å². The van der Waals surface area contributed by atoms with Crippen LogP contribution in [0.1, 0.15) is 18.2 Å². The standard InChI is InChI=1S/C16H16F3N5O2/c1-4-26-13(25)8-24-15-14(9(2)21-24)10(16(17,18)19)7-12(20-15)11-5-6-23(3)22-11/h5-7H,4,8H2,1-3H3. The molecule has 138 valence electrons. The molecule has 0 aliphatic heterocycles. The van der Waals surface area contributed by atoms with Crippen molar-refractivity contribution in [2.75, 3.05) is 6.61 Å². The number of ether oxygens (including phenoxy) is 1. The molecule has 0 aliphatic rings. The minimum Gasteiger partial charge on any atom is -0.465 e. The van der Waals surface area contributed by atoms with Crippen molar-refractivity contribution in [1.82, 2.24) is 24.5 Å². The largest absolute Gasteiger partial charge is 0.465 e. The molecule has 0 saturated heterocycles. The number of aryl methyl sites for hydroxylation is 2. The molecule has 26 heavy (non-hydrogen) atoms. The summed E-state index contributed by atoms with van der Waals surface area (Å²) in [5.74, 6) is -0.601. The predicted molar refractivity (Wildman–Crippen MR) is 86.1 cm³/mol. The van der Waals surface area contributed by atoms with Gasteiger partial charge in [-0.05, 0) is 26.0 Å². The zero-order valence-electron chi connectivity index (χ0n) is 14.3. The summed E-state index contributed by atoms with van der Waals surface area (Å²) in [5, 5.41) is 8.02. The van der Waals surface area contributed by atoms with Crippen molar-refractivity contribution in [3.8, 4) is 11.4 Å². The van der Waals surface area contributed by atoms with Crippen molar-refractivity contribution in [3.05, 3.63) is 29.6 Å². The maximum Gasteiger partial charge on any atom is 0.417 e. The van der Waals surface area contributed by atoms with Gasteiger partial charge in [-0.3, -0.25) is 9.48 Å². The van der Waals surface area contributed by atoms with Crippen LogP contribution >= 0.6 is 0 Å². The van der Waals surface area contributed by atoms with Crippen LogP contribution in [-0.4, -0.2) is 37.1 Å². The molecular formula is C16H16F3N5O2. The van der Waals surface area contributed by atoms with Crippen LogP contribution in [0.25, 0.3) is 22.4 Å². The van der Waals surface area contributed by atoms with Crippen LogP contribution in [0.4, 0.5) is 13.2 Å². The van der Waals surface area contributed by atoms with Gasteiger partial charge < -0.3 is 4.74 Å². The summed E-state index contributed by atoms with van der Waals surface area (Å²) in [7, 11) is 1.65. The van der Waals surface area contributed by atoms with E-state index in [4.69, 9.17) is 4.74 Å². The Balaban J connectivity index is 2.24. The monoisotopic (exact) mass is 367 g/mol. The van der Waals surface area contributed by atoms with E-state index in [2.05, 4.69) is 15.2 Å². The lowest BCUT2D eigenvalue weighted by molar-refractivity contribution is -0.144. The fourth-order valence-corrected chi connectivity index (χ4v) is 2.70. The molecular weight excluding hydrogens is 351 g/mol. The molecule has 0 saturated carbocycles. The summed E-state index contributed by atoms with van der Waals surface area (Å²) >= 11 is 0. The Kier molecular flexibility index (Phi) is 4.43. The van der Waals surface area contributed by atoms with Gasteiger partial charge in [0.1, 0.15) is 12.2 Å². The topological polar surface area (TPSA) is 74.8 Å². The van der Waals surface area contributed by atoms with Crippen LogP contribution < -0.4 is 0 Å². The van der Waals surface area contributed by atoms with Crippen LogP contribution in [0.2, 0.25) is 0 Å². The second-order valence-electron chi connectivity index (χ2n) is 5.67. The molecule has 3 rings (SSSR count). The highest BCUT2D eigenvalue weighted by atomic mass is 19.4. The molecule has 3 aromatic heterocycles. The van der Waals surface area contributed by atoms with Gasteiger partial charge in [-0.1, -0.05) is 0 Å². The molecule has 3 heterocycles. The lowest BCUT2D eigenvalue weighted by Crippen LogP contribution is -2.15. The maximum absolute atomic E-state index is 13.6. The Hall–Kier alpha value is -2.91. The van der Waals surface area contributed by atoms with Gasteiger partial charge in [-0.2, -0.15) is 23.4 Å². The van der Waals surface area contributed by atoms with Crippen LogP contribution in [0.15, 0.2) is 18.3 Å². The third kappa shape index (κ3) is 3.26. The molecule has 3 aromatic rings. The van der Waals surface area contributed by atoms with Crippen molar-refractivity contribution < 1.29 is 22.7 Å². The molecule has 0 bridgehead atoms. The maximum atomic E-state index is 13.6. The first kappa shape index (κ1) is 17.9. The SMILES string of the molecule is CCOC(=O)Cn1nc(C)c2c(C(F)(F)F)cc(-c3ccn(C)n3)nc21. The van der Waals surface area contributed by atoms with E-state index in [0.717, 1.165) is 10.7 Å². The zero-order valence-corrected chi connectivity index (χ0v) is 14.3. The summed E-state index contributed by atoms with van der Waals surface area (Å²) in [6.45, 7) is 2.93. The van der Waals surface area contributed by atoms with E-state index in [9.17, 15) is 18.0 Å². The first-order chi connectivity index (χ1) is 12.2. The third-order valence-corrected chi connectivity index (χ3v) is 3.74. The van der Waals surface area contributed by atoms with E-state index in [-0.39, 0.29) is 35.6 Å². The molecule has 0 radical (unpaired) electrons. The molecule has 0 aromatic carbocycles. The number of rotatable bonds is 4. The van der Waals surface area contributed by atoms with Crippen molar-refractivity contribution in [2.45, 2.75) is 26.6 Å². The summed E-state index contributed by atoms with van der Waals surface area (Å²) in [6, 6.07) is 2.52. The molecule has 7 nitrogen and oxygen atoms in total. The number of hydrogen-bond donors (Lipinski definition) is 0. The van der Waals surface area contributed by atoms with Gasteiger partial charge in [0.15, 0.2) is 5.65 Å². The van der Waals surface area contributed by atoms with Gasteiger partial charge in [0, 0.05) is 13.2 Å². The number of pyridine rings is 1. The zero-order chi connectivity index (χ0) is 19.1. The summed E-state index contributed by atoms with van der Waals surface area (Å²) < 4.78 is 48.3. The Labute approximate surface area is 146 Å². The Morgan fingerprint density at radius 2 is 2.00 bits per heavy atom. The Bertz CT molecular complexity index is 974. The molecule has 10 heteroatoms. The summed E-state index contributed by atoms with van der Waals surface area (Å²) in [4.78, 5) is 16.0. The van der Waals surface area contributed by atoms with Gasteiger partial charge in [-0.25, -0.2) is 9.67 Å². The van der Waals surface area contributed by atoms with E-state index < -0.39 is 17.7 Å².